The molecule has 3 rings (SSSR count). The standard InChI is InChI=1S/C17H21F5N6O5/c1-9-5-27(13(30)8-33-9)6-10(23-15(31)32)4-12(29)26-2-3-28-11(7-26)24-25-14(28)16(18,19)17(20,21)22/h9-10,23H,2-8H2,1H3,(H,31,32)/t9-,10-/m0/s1. The van der Waals surface area contributed by atoms with Gasteiger partial charge in [0.25, 0.3) is 0 Å². The molecule has 2 atom stereocenters. The molecule has 0 unspecified atom stereocenters. The van der Waals surface area contributed by atoms with E-state index in [-0.39, 0.29) is 57.0 Å². The number of carboxylic acid groups (broad SMARTS) is 1. The van der Waals surface area contributed by atoms with Crippen molar-refractivity contribution in [2.24, 2.45) is 0 Å². The minimum Gasteiger partial charge on any atom is -0.465 e. The normalized spacial score (nSPS) is 20.4. The number of carbonyl (C=O) groups excluding carboxylic acids is 2. The van der Waals surface area contributed by atoms with E-state index in [1.165, 1.54) is 4.90 Å². The summed E-state index contributed by atoms with van der Waals surface area (Å²) < 4.78 is 71.2. The van der Waals surface area contributed by atoms with Crippen molar-refractivity contribution in [3.63, 3.8) is 0 Å². The van der Waals surface area contributed by atoms with Crippen LogP contribution < -0.4 is 5.32 Å². The summed E-state index contributed by atoms with van der Waals surface area (Å²) in [6.45, 7) is 0.660. The van der Waals surface area contributed by atoms with Crippen molar-refractivity contribution in [2.45, 2.75) is 50.7 Å². The third kappa shape index (κ3) is 5.31. The van der Waals surface area contributed by atoms with Crippen LogP contribution in [0.5, 0.6) is 0 Å². The Morgan fingerprint density at radius 2 is 1.94 bits per heavy atom. The van der Waals surface area contributed by atoms with Gasteiger partial charge in [-0.15, -0.1) is 10.2 Å². The number of aromatic nitrogens is 3. The van der Waals surface area contributed by atoms with Gasteiger partial charge in [0.05, 0.1) is 18.7 Å². The molecule has 184 valence electrons. The zero-order valence-electron chi connectivity index (χ0n) is 17.3. The molecule has 1 saturated heterocycles. The van der Waals surface area contributed by atoms with Gasteiger partial charge < -0.3 is 29.5 Å². The highest BCUT2D eigenvalue weighted by Gasteiger charge is 2.62. The first kappa shape index (κ1) is 24.6. The van der Waals surface area contributed by atoms with Gasteiger partial charge in [-0.3, -0.25) is 9.59 Å². The lowest BCUT2D eigenvalue weighted by Crippen LogP contribution is -2.53. The maximum atomic E-state index is 13.7. The third-order valence-electron chi connectivity index (χ3n) is 5.25. The first-order valence-electron chi connectivity index (χ1n) is 9.83. The van der Waals surface area contributed by atoms with Crippen molar-refractivity contribution in [3.05, 3.63) is 11.6 Å². The molecule has 3 heterocycles. The van der Waals surface area contributed by atoms with Crippen LogP contribution >= 0.6 is 0 Å². The van der Waals surface area contributed by atoms with E-state index in [0.29, 0.717) is 4.57 Å². The summed E-state index contributed by atoms with van der Waals surface area (Å²) in [7, 11) is 0. The van der Waals surface area contributed by atoms with Gasteiger partial charge in [-0.1, -0.05) is 0 Å². The van der Waals surface area contributed by atoms with Crippen molar-refractivity contribution in [3.8, 4) is 0 Å². The number of halogens is 5. The summed E-state index contributed by atoms with van der Waals surface area (Å²) in [5, 5.41) is 17.6. The van der Waals surface area contributed by atoms with E-state index < -0.39 is 42.5 Å². The van der Waals surface area contributed by atoms with Crippen LogP contribution in [-0.2, 0) is 33.3 Å². The topological polar surface area (TPSA) is 130 Å². The molecule has 1 aromatic heterocycles. The molecule has 2 aliphatic rings. The molecular formula is C17H21F5N6O5. The van der Waals surface area contributed by atoms with Crippen LogP contribution in [0.1, 0.15) is 25.0 Å². The van der Waals surface area contributed by atoms with Gasteiger partial charge in [0.2, 0.25) is 17.6 Å². The number of alkyl halides is 5. The van der Waals surface area contributed by atoms with Crippen molar-refractivity contribution in [2.75, 3.05) is 26.2 Å². The fourth-order valence-electron chi connectivity index (χ4n) is 3.62. The molecule has 16 heteroatoms. The second-order valence-electron chi connectivity index (χ2n) is 7.75. The Morgan fingerprint density at radius 3 is 2.58 bits per heavy atom. The molecule has 0 aliphatic carbocycles. The number of nitrogens with zero attached hydrogens (tertiary/aromatic N) is 5. The van der Waals surface area contributed by atoms with Crippen LogP contribution in [0, 0.1) is 0 Å². The predicted molar refractivity (Wildman–Crippen MR) is 96.9 cm³/mol. The maximum Gasteiger partial charge on any atom is 0.461 e. The Bertz CT molecular complexity index is 923. The zero-order chi connectivity index (χ0) is 24.6. The number of hydrogen-bond donors (Lipinski definition) is 2. The van der Waals surface area contributed by atoms with Crippen molar-refractivity contribution < 1.29 is 46.2 Å². The van der Waals surface area contributed by atoms with E-state index in [2.05, 4.69) is 15.5 Å². The summed E-state index contributed by atoms with van der Waals surface area (Å²) in [5.74, 6) is -7.98. The Morgan fingerprint density at radius 1 is 1.24 bits per heavy atom. The van der Waals surface area contributed by atoms with E-state index in [9.17, 15) is 36.3 Å². The summed E-state index contributed by atoms with van der Waals surface area (Å²) >= 11 is 0. The number of carbonyl (C=O) groups is 3. The fraction of sp³-hybridized carbons (Fsp3) is 0.706. The molecule has 0 aromatic carbocycles. The maximum absolute atomic E-state index is 13.7. The number of fused-ring (bicyclic) bond motifs is 1. The Balaban J connectivity index is 1.68. The Kier molecular flexibility index (Phi) is 6.76. The number of rotatable bonds is 6. The van der Waals surface area contributed by atoms with Crippen LogP contribution in [0.25, 0.3) is 0 Å². The van der Waals surface area contributed by atoms with Crippen LogP contribution in [0.3, 0.4) is 0 Å². The van der Waals surface area contributed by atoms with E-state index in [0.717, 1.165) is 4.90 Å². The van der Waals surface area contributed by atoms with Crippen LogP contribution in [-0.4, -0.2) is 92.1 Å². The molecule has 0 spiro atoms. The Labute approximate surface area is 183 Å². The van der Waals surface area contributed by atoms with E-state index in [1.54, 1.807) is 6.92 Å². The number of amides is 3. The lowest BCUT2D eigenvalue weighted by atomic mass is 10.1. The van der Waals surface area contributed by atoms with Crippen molar-refractivity contribution >= 4 is 17.9 Å². The molecule has 33 heavy (non-hydrogen) atoms. The largest absolute Gasteiger partial charge is 0.465 e. The first-order chi connectivity index (χ1) is 15.3. The van der Waals surface area contributed by atoms with Gasteiger partial charge in [-0.2, -0.15) is 22.0 Å². The van der Waals surface area contributed by atoms with E-state index in [1.807, 2.05) is 0 Å². The minimum absolute atomic E-state index is 0.101. The average molecular weight is 484 g/mol. The molecule has 2 aliphatic heterocycles. The molecule has 0 radical (unpaired) electrons. The number of nitrogens with one attached hydrogen (secondary N) is 1. The lowest BCUT2D eigenvalue weighted by molar-refractivity contribution is -0.293. The summed E-state index contributed by atoms with van der Waals surface area (Å²) in [6.07, 6.45) is -7.92. The van der Waals surface area contributed by atoms with Gasteiger partial charge in [0.1, 0.15) is 6.61 Å². The number of morpholine rings is 1. The van der Waals surface area contributed by atoms with Crippen molar-refractivity contribution in [1.29, 1.82) is 0 Å². The van der Waals surface area contributed by atoms with E-state index >= 15 is 0 Å². The smallest absolute Gasteiger partial charge is 0.461 e. The molecule has 0 saturated carbocycles. The van der Waals surface area contributed by atoms with Crippen LogP contribution in [0.4, 0.5) is 26.7 Å². The summed E-state index contributed by atoms with van der Waals surface area (Å²) in [4.78, 5) is 38.4. The van der Waals surface area contributed by atoms with Gasteiger partial charge >= 0.3 is 18.2 Å². The SMILES string of the molecule is C[C@H]1CN(C[C@H](CC(=O)N2CCn3c(nnc3C(F)(F)C(F)(F)F)C2)NC(=O)O)C(=O)CO1. The first-order valence-corrected chi connectivity index (χ1v) is 9.83. The average Bonchev–Trinajstić information content (AvgIpc) is 3.13. The molecule has 3 amide bonds. The van der Waals surface area contributed by atoms with Gasteiger partial charge in [0.15, 0.2) is 5.82 Å². The zero-order valence-corrected chi connectivity index (χ0v) is 17.3. The molecule has 0 bridgehead atoms. The monoisotopic (exact) mass is 484 g/mol. The highest BCUT2D eigenvalue weighted by molar-refractivity contribution is 5.79. The molecular weight excluding hydrogens is 463 g/mol. The van der Waals surface area contributed by atoms with Crippen molar-refractivity contribution in [1.82, 2.24) is 29.9 Å². The summed E-state index contributed by atoms with van der Waals surface area (Å²) in [6, 6.07) is -0.978. The number of hydrogen-bond acceptors (Lipinski definition) is 6. The molecule has 11 nitrogen and oxygen atoms in total. The highest BCUT2D eigenvalue weighted by Crippen LogP contribution is 2.43. The predicted octanol–water partition coefficient (Wildman–Crippen LogP) is 0.548. The highest BCUT2D eigenvalue weighted by atomic mass is 19.4. The molecule has 2 N–H and O–H groups in total. The van der Waals surface area contributed by atoms with Crippen LogP contribution in [0.2, 0.25) is 0 Å². The lowest BCUT2D eigenvalue weighted by Gasteiger charge is -2.34. The number of ether oxygens (including phenoxy) is 1. The van der Waals surface area contributed by atoms with E-state index in [4.69, 9.17) is 9.84 Å². The third-order valence-corrected chi connectivity index (χ3v) is 5.25. The second-order valence-corrected chi connectivity index (χ2v) is 7.75. The molecule has 1 fully saturated rings. The second kappa shape index (κ2) is 9.07. The summed E-state index contributed by atoms with van der Waals surface area (Å²) in [5.41, 5.74) is 0. The Hall–Kier alpha value is -3.04. The van der Waals surface area contributed by atoms with Crippen LogP contribution in [0.15, 0.2) is 0 Å². The van der Waals surface area contributed by atoms with Gasteiger partial charge in [-0.05, 0) is 6.92 Å². The van der Waals surface area contributed by atoms with Gasteiger partial charge in [0, 0.05) is 32.6 Å². The van der Waals surface area contributed by atoms with Gasteiger partial charge in [-0.25, -0.2) is 4.79 Å². The quantitative estimate of drug-likeness (QED) is 0.564. The molecule has 1 aromatic rings. The minimum atomic E-state index is -5.85. The fourth-order valence-corrected chi connectivity index (χ4v) is 3.62.